The average molecular weight is 516 g/mol. The van der Waals surface area contributed by atoms with E-state index in [0.29, 0.717) is 52.8 Å². The van der Waals surface area contributed by atoms with Gasteiger partial charge in [0.1, 0.15) is 29.5 Å². The van der Waals surface area contributed by atoms with Gasteiger partial charge < -0.3 is 19.9 Å². The van der Waals surface area contributed by atoms with Crippen LogP contribution in [-0.2, 0) is 4.79 Å². The summed E-state index contributed by atoms with van der Waals surface area (Å²) in [5.41, 5.74) is 1.94. The van der Waals surface area contributed by atoms with Gasteiger partial charge in [-0.15, -0.1) is 0 Å². The van der Waals surface area contributed by atoms with Gasteiger partial charge in [0.2, 0.25) is 5.91 Å². The van der Waals surface area contributed by atoms with Crippen molar-refractivity contribution in [3.8, 4) is 17.0 Å². The molecule has 0 spiro atoms. The molecule has 1 saturated heterocycles. The zero-order chi connectivity index (χ0) is 26.3. The molecule has 0 unspecified atom stereocenters. The van der Waals surface area contributed by atoms with Gasteiger partial charge in [0.25, 0.3) is 12.3 Å². The van der Waals surface area contributed by atoms with Crippen molar-refractivity contribution in [2.75, 3.05) is 19.7 Å². The molecule has 2 aromatic heterocycles. The van der Waals surface area contributed by atoms with E-state index in [9.17, 15) is 22.8 Å². The molecule has 2 fully saturated rings. The Balaban J connectivity index is 1.47. The SMILES string of the molecule is CC(=O)N1CC[C@H](NC(=O)c2c(C)[nH]c3c(-c4cc(C(F)F)ccc4OCC4CC4)ncnc23)[C@H](F)C1. The van der Waals surface area contributed by atoms with Crippen molar-refractivity contribution in [2.24, 2.45) is 5.92 Å². The van der Waals surface area contributed by atoms with E-state index in [2.05, 4.69) is 20.3 Å². The summed E-state index contributed by atoms with van der Waals surface area (Å²) in [6.45, 7) is 3.83. The summed E-state index contributed by atoms with van der Waals surface area (Å²) in [4.78, 5) is 38.0. The van der Waals surface area contributed by atoms with E-state index in [1.54, 1.807) is 6.92 Å². The number of fused-ring (bicyclic) bond motifs is 1. The summed E-state index contributed by atoms with van der Waals surface area (Å²) < 4.78 is 47.8. The van der Waals surface area contributed by atoms with Crippen molar-refractivity contribution >= 4 is 22.8 Å². The fraction of sp³-hybridized carbons (Fsp3) is 0.462. The van der Waals surface area contributed by atoms with Crippen LogP contribution in [0.3, 0.4) is 0 Å². The second-order valence-corrected chi connectivity index (χ2v) is 9.73. The van der Waals surface area contributed by atoms with Crippen LogP contribution in [0, 0.1) is 12.8 Å². The van der Waals surface area contributed by atoms with Crippen LogP contribution in [0.5, 0.6) is 5.75 Å². The van der Waals surface area contributed by atoms with Crippen molar-refractivity contribution in [1.82, 2.24) is 25.2 Å². The van der Waals surface area contributed by atoms with Crippen LogP contribution in [0.1, 0.15) is 54.2 Å². The monoisotopic (exact) mass is 515 g/mol. The lowest BCUT2D eigenvalue weighted by molar-refractivity contribution is -0.131. The van der Waals surface area contributed by atoms with Gasteiger partial charge in [-0.05, 0) is 50.3 Å². The van der Waals surface area contributed by atoms with Crippen molar-refractivity contribution in [3.05, 3.63) is 41.3 Å². The summed E-state index contributed by atoms with van der Waals surface area (Å²) in [5.74, 6) is 0.161. The first-order valence-corrected chi connectivity index (χ1v) is 12.3. The molecule has 1 saturated carbocycles. The summed E-state index contributed by atoms with van der Waals surface area (Å²) >= 11 is 0. The van der Waals surface area contributed by atoms with Crippen LogP contribution in [0.25, 0.3) is 22.3 Å². The number of nitrogens with zero attached hydrogens (tertiary/aromatic N) is 3. The zero-order valence-corrected chi connectivity index (χ0v) is 20.6. The molecule has 0 radical (unpaired) electrons. The maximum absolute atomic E-state index is 14.7. The number of nitrogens with one attached hydrogen (secondary N) is 2. The molecule has 0 bridgehead atoms. The quantitative estimate of drug-likeness (QED) is 0.488. The van der Waals surface area contributed by atoms with Gasteiger partial charge in [-0.2, -0.15) is 0 Å². The highest BCUT2D eigenvalue weighted by Crippen LogP contribution is 2.38. The predicted molar refractivity (Wildman–Crippen MR) is 130 cm³/mol. The van der Waals surface area contributed by atoms with Crippen molar-refractivity contribution < 1.29 is 27.5 Å². The van der Waals surface area contributed by atoms with Crippen LogP contribution in [-0.4, -0.2) is 63.6 Å². The average Bonchev–Trinajstić information content (AvgIpc) is 3.63. The minimum absolute atomic E-state index is 0.0798. The third kappa shape index (κ3) is 5.12. The molecule has 3 heterocycles. The van der Waals surface area contributed by atoms with E-state index in [4.69, 9.17) is 4.74 Å². The summed E-state index contributed by atoms with van der Waals surface area (Å²) in [5, 5.41) is 2.74. The van der Waals surface area contributed by atoms with E-state index in [-0.39, 0.29) is 30.0 Å². The van der Waals surface area contributed by atoms with E-state index < -0.39 is 24.5 Å². The number of ether oxygens (including phenoxy) is 1. The second kappa shape index (κ2) is 10.0. The lowest BCUT2D eigenvalue weighted by Crippen LogP contribution is -2.53. The molecule has 5 rings (SSSR count). The number of carbonyl (C=O) groups excluding carboxylic acids is 2. The highest BCUT2D eigenvalue weighted by molar-refractivity contribution is 6.09. The lowest BCUT2D eigenvalue weighted by Gasteiger charge is -2.34. The molecular weight excluding hydrogens is 487 g/mol. The molecule has 1 aliphatic heterocycles. The van der Waals surface area contributed by atoms with Gasteiger partial charge in [0, 0.05) is 30.3 Å². The molecule has 2 aliphatic rings. The third-order valence-corrected chi connectivity index (χ3v) is 6.98. The minimum atomic E-state index is -2.68. The summed E-state index contributed by atoms with van der Waals surface area (Å²) in [6, 6.07) is 3.45. The van der Waals surface area contributed by atoms with Gasteiger partial charge in [-0.1, -0.05) is 0 Å². The Morgan fingerprint density at radius 1 is 1.24 bits per heavy atom. The molecule has 11 heteroatoms. The standard InChI is InChI=1S/C26H28F3N5O3/c1-13-21(26(36)33-19-7-8-34(14(2)35)10-18(19)27)23-24(32-13)22(30-12-31-23)17-9-16(25(28)29)5-6-20(17)37-11-15-3-4-15/h5-6,9,12,15,18-19,25,32H,3-4,7-8,10-11H2,1-2H3,(H,33,36)/t18-,19+/m1/s1. The van der Waals surface area contributed by atoms with E-state index in [1.807, 2.05) is 0 Å². The van der Waals surface area contributed by atoms with Crippen LogP contribution >= 0.6 is 0 Å². The van der Waals surface area contributed by atoms with Crippen LogP contribution in [0.15, 0.2) is 24.5 Å². The normalized spacial score (nSPS) is 19.9. The molecule has 8 nitrogen and oxygen atoms in total. The fourth-order valence-corrected chi connectivity index (χ4v) is 4.68. The first-order chi connectivity index (χ1) is 17.7. The van der Waals surface area contributed by atoms with Gasteiger partial charge in [0.15, 0.2) is 0 Å². The lowest BCUT2D eigenvalue weighted by atomic mass is 10.0. The number of hydrogen-bond donors (Lipinski definition) is 2. The topological polar surface area (TPSA) is 100 Å². The highest BCUT2D eigenvalue weighted by Gasteiger charge is 2.33. The number of H-pyrrole nitrogens is 1. The number of aromatic nitrogens is 3. The number of aromatic amines is 1. The van der Waals surface area contributed by atoms with Gasteiger partial charge in [-0.3, -0.25) is 9.59 Å². The number of rotatable bonds is 7. The van der Waals surface area contributed by atoms with Crippen LogP contribution < -0.4 is 10.1 Å². The van der Waals surface area contributed by atoms with E-state index in [0.717, 1.165) is 12.8 Å². The number of piperidine rings is 1. The molecule has 2 N–H and O–H groups in total. The number of halogens is 3. The third-order valence-electron chi connectivity index (χ3n) is 6.98. The molecule has 2 amide bonds. The van der Waals surface area contributed by atoms with Gasteiger partial charge in [-0.25, -0.2) is 23.1 Å². The Morgan fingerprint density at radius 2 is 2.03 bits per heavy atom. The Kier molecular flexibility index (Phi) is 6.78. The number of alkyl halides is 3. The largest absolute Gasteiger partial charge is 0.493 e. The maximum Gasteiger partial charge on any atom is 0.263 e. The summed E-state index contributed by atoms with van der Waals surface area (Å²) in [7, 11) is 0. The minimum Gasteiger partial charge on any atom is -0.493 e. The Hall–Kier alpha value is -3.63. The molecule has 1 aromatic carbocycles. The van der Waals surface area contributed by atoms with Crippen molar-refractivity contribution in [2.45, 2.75) is 51.7 Å². The predicted octanol–water partition coefficient (Wildman–Crippen LogP) is 4.35. The zero-order valence-electron chi connectivity index (χ0n) is 20.6. The van der Waals surface area contributed by atoms with E-state index in [1.165, 1.54) is 36.4 Å². The number of carbonyl (C=O) groups is 2. The Labute approximate surface area is 211 Å². The van der Waals surface area contributed by atoms with Gasteiger partial charge >= 0.3 is 0 Å². The molecular formula is C26H28F3N5O3. The van der Waals surface area contributed by atoms with Crippen molar-refractivity contribution in [1.29, 1.82) is 0 Å². The highest BCUT2D eigenvalue weighted by atomic mass is 19.3. The molecule has 1 aliphatic carbocycles. The number of aryl methyl sites for hydroxylation is 1. The van der Waals surface area contributed by atoms with Gasteiger partial charge in [0.05, 0.1) is 30.3 Å². The Morgan fingerprint density at radius 3 is 2.70 bits per heavy atom. The number of benzene rings is 1. The second-order valence-electron chi connectivity index (χ2n) is 9.73. The molecule has 3 aromatic rings. The fourth-order valence-electron chi connectivity index (χ4n) is 4.68. The number of likely N-dealkylation sites (tertiary alicyclic amines) is 1. The van der Waals surface area contributed by atoms with Crippen LogP contribution in [0.2, 0.25) is 0 Å². The number of hydrogen-bond acceptors (Lipinski definition) is 5. The Bertz CT molecular complexity index is 1340. The maximum atomic E-state index is 14.7. The number of amides is 2. The van der Waals surface area contributed by atoms with Crippen LogP contribution in [0.4, 0.5) is 13.2 Å². The van der Waals surface area contributed by atoms with Crippen molar-refractivity contribution in [3.63, 3.8) is 0 Å². The first kappa shape index (κ1) is 25.0. The molecule has 37 heavy (non-hydrogen) atoms. The van der Waals surface area contributed by atoms with E-state index >= 15 is 0 Å². The molecule has 196 valence electrons. The molecule has 2 atom stereocenters. The summed E-state index contributed by atoms with van der Waals surface area (Å²) in [6.07, 6.45) is -0.376. The first-order valence-electron chi connectivity index (χ1n) is 12.3. The smallest absolute Gasteiger partial charge is 0.263 e.